The van der Waals surface area contributed by atoms with Crippen LogP contribution in [0.4, 0.5) is 0 Å². The summed E-state index contributed by atoms with van der Waals surface area (Å²) in [7, 11) is 0. The zero-order valence-corrected chi connectivity index (χ0v) is 10.7. The second kappa shape index (κ2) is 4.39. The number of nitrogens with one attached hydrogen (secondary N) is 2. The van der Waals surface area contributed by atoms with Crippen LogP contribution in [0.5, 0.6) is 0 Å². The highest BCUT2D eigenvalue weighted by Crippen LogP contribution is 2.32. The van der Waals surface area contributed by atoms with E-state index in [9.17, 15) is 4.79 Å². The predicted octanol–water partition coefficient (Wildman–Crippen LogP) is 0.486. The van der Waals surface area contributed by atoms with E-state index in [1.165, 1.54) is 0 Å². The van der Waals surface area contributed by atoms with Crippen molar-refractivity contribution in [2.24, 2.45) is 5.92 Å². The summed E-state index contributed by atoms with van der Waals surface area (Å²) in [4.78, 5) is 12.6. The van der Waals surface area contributed by atoms with Crippen molar-refractivity contribution in [3.8, 4) is 0 Å². The van der Waals surface area contributed by atoms with Crippen LogP contribution in [-0.4, -0.2) is 34.8 Å². The van der Waals surface area contributed by atoms with Crippen molar-refractivity contribution in [2.75, 3.05) is 13.1 Å². The summed E-state index contributed by atoms with van der Waals surface area (Å²) in [6.45, 7) is 3.91. The predicted molar refractivity (Wildman–Crippen MR) is 68.0 cm³/mol. The average molecular weight is 248 g/mol. The third-order valence-corrected chi connectivity index (χ3v) is 4.22. The molecule has 2 unspecified atom stereocenters. The lowest BCUT2D eigenvalue weighted by atomic mass is 9.87. The second-order valence-electron chi connectivity index (χ2n) is 5.53. The van der Waals surface area contributed by atoms with E-state index in [1.807, 2.05) is 16.9 Å². The largest absolute Gasteiger partial charge is 0.351 e. The van der Waals surface area contributed by atoms with Gasteiger partial charge in [-0.25, -0.2) is 0 Å². The standard InChI is InChI=1S/C13H20N4O/c1-10-9-11(10)16-12(18)13(3-6-14-7-4-13)17-8-2-5-15-17/h2,5,8,10-11,14H,3-4,6-7,9H2,1H3,(H,16,18). The first-order chi connectivity index (χ1) is 8.72. The van der Waals surface area contributed by atoms with Crippen molar-refractivity contribution in [3.05, 3.63) is 18.5 Å². The number of hydrogen-bond acceptors (Lipinski definition) is 3. The van der Waals surface area contributed by atoms with E-state index in [2.05, 4.69) is 22.7 Å². The maximum Gasteiger partial charge on any atom is 0.248 e. The van der Waals surface area contributed by atoms with E-state index < -0.39 is 5.54 Å². The number of piperidine rings is 1. The SMILES string of the molecule is CC1CC1NC(=O)C1(n2cccn2)CCNCC1. The summed E-state index contributed by atoms with van der Waals surface area (Å²) in [6.07, 6.45) is 6.38. The summed E-state index contributed by atoms with van der Waals surface area (Å²) in [5.41, 5.74) is -0.489. The molecule has 3 rings (SSSR count). The Kier molecular flexibility index (Phi) is 2.86. The molecule has 2 fully saturated rings. The summed E-state index contributed by atoms with van der Waals surface area (Å²) in [5.74, 6) is 0.771. The Morgan fingerprint density at radius 2 is 2.22 bits per heavy atom. The van der Waals surface area contributed by atoms with Crippen LogP contribution in [0.2, 0.25) is 0 Å². The van der Waals surface area contributed by atoms with Gasteiger partial charge in [-0.15, -0.1) is 0 Å². The molecule has 0 bridgehead atoms. The molecule has 2 N–H and O–H groups in total. The highest BCUT2D eigenvalue weighted by atomic mass is 16.2. The number of carbonyl (C=O) groups excluding carboxylic acids is 1. The summed E-state index contributed by atoms with van der Waals surface area (Å²) >= 11 is 0. The Morgan fingerprint density at radius 1 is 1.50 bits per heavy atom. The number of aromatic nitrogens is 2. The molecule has 0 spiro atoms. The number of nitrogens with zero attached hydrogens (tertiary/aromatic N) is 2. The molecule has 1 aromatic heterocycles. The van der Waals surface area contributed by atoms with E-state index in [1.54, 1.807) is 6.20 Å². The van der Waals surface area contributed by atoms with E-state index >= 15 is 0 Å². The van der Waals surface area contributed by atoms with Crippen LogP contribution in [-0.2, 0) is 10.3 Å². The molecule has 5 heteroatoms. The van der Waals surface area contributed by atoms with Gasteiger partial charge in [0.15, 0.2) is 0 Å². The molecule has 2 atom stereocenters. The Morgan fingerprint density at radius 3 is 2.78 bits per heavy atom. The van der Waals surface area contributed by atoms with Gasteiger partial charge in [0, 0.05) is 18.4 Å². The fourth-order valence-corrected chi connectivity index (χ4v) is 2.75. The van der Waals surface area contributed by atoms with Gasteiger partial charge >= 0.3 is 0 Å². The average Bonchev–Trinajstić information content (AvgIpc) is 2.87. The van der Waals surface area contributed by atoms with Crippen molar-refractivity contribution in [1.29, 1.82) is 0 Å². The molecule has 0 radical (unpaired) electrons. The first-order valence-corrected chi connectivity index (χ1v) is 6.74. The molecular formula is C13H20N4O. The van der Waals surface area contributed by atoms with Crippen molar-refractivity contribution in [2.45, 2.75) is 37.8 Å². The molecule has 1 saturated heterocycles. The van der Waals surface area contributed by atoms with Gasteiger partial charge < -0.3 is 10.6 Å². The number of carbonyl (C=O) groups is 1. The molecular weight excluding hydrogens is 228 g/mol. The van der Waals surface area contributed by atoms with Crippen LogP contribution in [0.1, 0.15) is 26.2 Å². The molecule has 2 aliphatic rings. The maximum atomic E-state index is 12.6. The summed E-state index contributed by atoms with van der Waals surface area (Å²) in [6, 6.07) is 2.26. The van der Waals surface area contributed by atoms with Gasteiger partial charge in [0.25, 0.3) is 0 Å². The van der Waals surface area contributed by atoms with Crippen molar-refractivity contribution in [3.63, 3.8) is 0 Å². The monoisotopic (exact) mass is 248 g/mol. The van der Waals surface area contributed by atoms with Gasteiger partial charge in [0.05, 0.1) is 0 Å². The Bertz CT molecular complexity index is 422. The van der Waals surface area contributed by atoms with Gasteiger partial charge in [-0.05, 0) is 44.3 Å². The summed E-state index contributed by atoms with van der Waals surface area (Å²) in [5, 5.41) is 10.8. The molecule has 1 aliphatic heterocycles. The molecule has 1 amide bonds. The van der Waals surface area contributed by atoms with Gasteiger partial charge in [-0.1, -0.05) is 6.92 Å². The van der Waals surface area contributed by atoms with Crippen molar-refractivity contribution >= 4 is 5.91 Å². The number of amides is 1. The molecule has 18 heavy (non-hydrogen) atoms. The zero-order valence-electron chi connectivity index (χ0n) is 10.7. The molecule has 2 heterocycles. The van der Waals surface area contributed by atoms with Gasteiger partial charge in [0.1, 0.15) is 5.54 Å². The smallest absolute Gasteiger partial charge is 0.248 e. The van der Waals surface area contributed by atoms with Crippen molar-refractivity contribution in [1.82, 2.24) is 20.4 Å². The Balaban J connectivity index is 1.82. The first kappa shape index (κ1) is 11.7. The molecule has 5 nitrogen and oxygen atoms in total. The number of hydrogen-bond donors (Lipinski definition) is 2. The van der Waals surface area contributed by atoms with Crippen molar-refractivity contribution < 1.29 is 4.79 Å². The molecule has 0 aromatic carbocycles. The van der Waals surface area contributed by atoms with Crippen LogP contribution < -0.4 is 10.6 Å². The molecule has 1 aromatic rings. The van der Waals surface area contributed by atoms with E-state index in [0.29, 0.717) is 12.0 Å². The summed E-state index contributed by atoms with van der Waals surface area (Å²) < 4.78 is 1.84. The fraction of sp³-hybridized carbons (Fsp3) is 0.692. The molecule has 1 saturated carbocycles. The molecule has 98 valence electrons. The van der Waals surface area contributed by atoms with E-state index in [4.69, 9.17) is 0 Å². The van der Waals surface area contributed by atoms with Crippen LogP contribution in [0.25, 0.3) is 0 Å². The van der Waals surface area contributed by atoms with E-state index in [0.717, 1.165) is 32.4 Å². The minimum atomic E-state index is -0.489. The third-order valence-electron chi connectivity index (χ3n) is 4.22. The Labute approximate surface area is 107 Å². The third kappa shape index (κ3) is 1.92. The fourth-order valence-electron chi connectivity index (χ4n) is 2.75. The first-order valence-electron chi connectivity index (χ1n) is 6.74. The van der Waals surface area contributed by atoms with Crippen LogP contribution >= 0.6 is 0 Å². The lowest BCUT2D eigenvalue weighted by Crippen LogP contribution is -2.55. The quantitative estimate of drug-likeness (QED) is 0.818. The topological polar surface area (TPSA) is 59.0 Å². The minimum Gasteiger partial charge on any atom is -0.351 e. The van der Waals surface area contributed by atoms with Gasteiger partial charge in [0.2, 0.25) is 5.91 Å². The Hall–Kier alpha value is -1.36. The van der Waals surface area contributed by atoms with Crippen LogP contribution in [0, 0.1) is 5.92 Å². The highest BCUT2D eigenvalue weighted by Gasteiger charge is 2.45. The lowest BCUT2D eigenvalue weighted by molar-refractivity contribution is -0.132. The molecule has 1 aliphatic carbocycles. The van der Waals surface area contributed by atoms with E-state index in [-0.39, 0.29) is 5.91 Å². The second-order valence-corrected chi connectivity index (χ2v) is 5.53. The lowest BCUT2D eigenvalue weighted by Gasteiger charge is -2.36. The van der Waals surface area contributed by atoms with Gasteiger partial charge in [-0.3, -0.25) is 9.48 Å². The highest BCUT2D eigenvalue weighted by molar-refractivity contribution is 5.85. The zero-order chi connectivity index (χ0) is 12.6. The maximum absolute atomic E-state index is 12.6. The van der Waals surface area contributed by atoms with Crippen LogP contribution in [0.3, 0.4) is 0 Å². The number of rotatable bonds is 3. The normalized spacial score (nSPS) is 29.8. The van der Waals surface area contributed by atoms with Gasteiger partial charge in [-0.2, -0.15) is 5.10 Å². The minimum absolute atomic E-state index is 0.141. The van der Waals surface area contributed by atoms with Crippen LogP contribution in [0.15, 0.2) is 18.5 Å².